The smallest absolute Gasteiger partial charge is 0.231 e. The van der Waals surface area contributed by atoms with Gasteiger partial charge in [-0.15, -0.1) is 0 Å². The van der Waals surface area contributed by atoms with Crippen LogP contribution in [0.25, 0.3) is 0 Å². The molecule has 1 heterocycles. The monoisotopic (exact) mass is 217 g/mol. The molecule has 0 unspecified atom stereocenters. The van der Waals surface area contributed by atoms with Gasteiger partial charge < -0.3 is 9.47 Å². The highest BCUT2D eigenvalue weighted by molar-refractivity contribution is 5.48. The molecule has 1 aromatic rings. The van der Waals surface area contributed by atoms with Gasteiger partial charge in [0.1, 0.15) is 0 Å². The molecule has 0 atom stereocenters. The summed E-state index contributed by atoms with van der Waals surface area (Å²) in [6.07, 6.45) is 0.728. The van der Waals surface area contributed by atoms with Gasteiger partial charge in [0.05, 0.1) is 11.5 Å². The standard InChI is InChI=1S/C13H15NO2/c1-9-4-11-12(16-8-15-11)5-10(9)6-13(2,3)7-14/h4-5H,6,8H2,1-3H3. The lowest BCUT2D eigenvalue weighted by molar-refractivity contribution is 0.174. The van der Waals surface area contributed by atoms with Crippen LogP contribution in [0, 0.1) is 23.7 Å². The van der Waals surface area contributed by atoms with Crippen LogP contribution >= 0.6 is 0 Å². The van der Waals surface area contributed by atoms with Crippen LogP contribution in [0.5, 0.6) is 11.5 Å². The predicted octanol–water partition coefficient (Wildman–Crippen LogP) is 2.82. The molecule has 2 rings (SSSR count). The molecule has 1 aliphatic heterocycles. The van der Waals surface area contributed by atoms with Crippen molar-refractivity contribution in [2.75, 3.05) is 6.79 Å². The molecule has 3 nitrogen and oxygen atoms in total. The van der Waals surface area contributed by atoms with Crippen molar-refractivity contribution in [3.63, 3.8) is 0 Å². The SMILES string of the molecule is Cc1cc2c(cc1CC(C)(C)C#N)OCO2. The van der Waals surface area contributed by atoms with E-state index in [0.717, 1.165) is 29.0 Å². The second-order valence-corrected chi connectivity index (χ2v) is 4.80. The minimum Gasteiger partial charge on any atom is -0.454 e. The zero-order chi connectivity index (χ0) is 11.8. The van der Waals surface area contributed by atoms with Crippen molar-refractivity contribution in [2.24, 2.45) is 5.41 Å². The van der Waals surface area contributed by atoms with Gasteiger partial charge in [0.15, 0.2) is 11.5 Å². The average molecular weight is 217 g/mol. The van der Waals surface area contributed by atoms with Crippen molar-refractivity contribution < 1.29 is 9.47 Å². The molecule has 0 saturated carbocycles. The van der Waals surface area contributed by atoms with E-state index in [1.807, 2.05) is 32.9 Å². The second kappa shape index (κ2) is 3.71. The maximum Gasteiger partial charge on any atom is 0.231 e. The molecule has 0 aliphatic carbocycles. The Labute approximate surface area is 95.6 Å². The third-order valence-electron chi connectivity index (χ3n) is 2.77. The summed E-state index contributed by atoms with van der Waals surface area (Å²) >= 11 is 0. The summed E-state index contributed by atoms with van der Waals surface area (Å²) in [5, 5.41) is 9.03. The van der Waals surface area contributed by atoms with Crippen molar-refractivity contribution in [3.05, 3.63) is 23.3 Å². The van der Waals surface area contributed by atoms with Crippen LogP contribution in [-0.4, -0.2) is 6.79 Å². The molecule has 0 aromatic heterocycles. The van der Waals surface area contributed by atoms with Crippen LogP contribution < -0.4 is 9.47 Å². The van der Waals surface area contributed by atoms with E-state index in [9.17, 15) is 0 Å². The molecule has 0 bridgehead atoms. The van der Waals surface area contributed by atoms with Gasteiger partial charge in [0, 0.05) is 0 Å². The van der Waals surface area contributed by atoms with Gasteiger partial charge in [-0.05, 0) is 50.5 Å². The predicted molar refractivity (Wildman–Crippen MR) is 60.4 cm³/mol. The van der Waals surface area contributed by atoms with Gasteiger partial charge in [-0.25, -0.2) is 0 Å². The summed E-state index contributed by atoms with van der Waals surface area (Å²) < 4.78 is 10.6. The number of ether oxygens (including phenoxy) is 2. The highest BCUT2D eigenvalue weighted by Crippen LogP contribution is 2.36. The van der Waals surface area contributed by atoms with Crippen LogP contribution in [0.1, 0.15) is 25.0 Å². The minimum atomic E-state index is -0.349. The molecular weight excluding hydrogens is 202 g/mol. The number of benzene rings is 1. The summed E-state index contributed by atoms with van der Waals surface area (Å²) in [6, 6.07) is 6.27. The minimum absolute atomic E-state index is 0.292. The number of nitriles is 1. The van der Waals surface area contributed by atoms with Crippen LogP contribution in [0.3, 0.4) is 0 Å². The number of rotatable bonds is 2. The number of aryl methyl sites for hydroxylation is 1. The lowest BCUT2D eigenvalue weighted by Gasteiger charge is -2.17. The Bertz CT molecular complexity index is 458. The summed E-state index contributed by atoms with van der Waals surface area (Å²) in [7, 11) is 0. The lowest BCUT2D eigenvalue weighted by Crippen LogP contribution is -2.12. The van der Waals surface area contributed by atoms with Gasteiger partial charge in [-0.2, -0.15) is 5.26 Å². The fourth-order valence-electron chi connectivity index (χ4n) is 1.79. The van der Waals surface area contributed by atoms with Crippen LogP contribution in [-0.2, 0) is 6.42 Å². The Hall–Kier alpha value is -1.69. The molecule has 0 fully saturated rings. The second-order valence-electron chi connectivity index (χ2n) is 4.80. The number of hydrogen-bond acceptors (Lipinski definition) is 3. The lowest BCUT2D eigenvalue weighted by atomic mass is 9.86. The van der Waals surface area contributed by atoms with Gasteiger partial charge >= 0.3 is 0 Å². The third kappa shape index (κ3) is 1.96. The Morgan fingerprint density at radius 2 is 1.94 bits per heavy atom. The molecule has 0 spiro atoms. The van der Waals surface area contributed by atoms with Gasteiger partial charge in [0.2, 0.25) is 6.79 Å². The fourth-order valence-corrected chi connectivity index (χ4v) is 1.79. The van der Waals surface area contributed by atoms with Gasteiger partial charge in [0.25, 0.3) is 0 Å². The van der Waals surface area contributed by atoms with Crippen LogP contribution in [0.2, 0.25) is 0 Å². The highest BCUT2D eigenvalue weighted by atomic mass is 16.7. The number of fused-ring (bicyclic) bond motifs is 1. The Balaban J connectivity index is 2.33. The normalized spacial score (nSPS) is 13.6. The van der Waals surface area contributed by atoms with Crippen molar-refractivity contribution in [3.8, 4) is 17.6 Å². The maximum absolute atomic E-state index is 9.03. The first-order chi connectivity index (χ1) is 7.52. The maximum atomic E-state index is 9.03. The van der Waals surface area contributed by atoms with Crippen LogP contribution in [0.4, 0.5) is 0 Å². The Morgan fingerprint density at radius 3 is 2.56 bits per heavy atom. The van der Waals surface area contributed by atoms with Crippen molar-refractivity contribution in [1.29, 1.82) is 5.26 Å². The van der Waals surface area contributed by atoms with Gasteiger partial charge in [-0.1, -0.05) is 0 Å². The summed E-state index contributed by atoms with van der Waals surface area (Å²) in [5.41, 5.74) is 1.95. The molecule has 0 amide bonds. The first kappa shape index (κ1) is 10.8. The molecule has 0 saturated heterocycles. The van der Waals surface area contributed by atoms with Crippen molar-refractivity contribution in [2.45, 2.75) is 27.2 Å². The Morgan fingerprint density at radius 1 is 1.31 bits per heavy atom. The molecule has 84 valence electrons. The molecule has 3 heteroatoms. The van der Waals surface area contributed by atoms with Crippen molar-refractivity contribution >= 4 is 0 Å². The van der Waals surface area contributed by atoms with Crippen molar-refractivity contribution in [1.82, 2.24) is 0 Å². The fraction of sp³-hybridized carbons (Fsp3) is 0.462. The number of nitrogens with zero attached hydrogens (tertiary/aromatic N) is 1. The zero-order valence-corrected chi connectivity index (χ0v) is 9.83. The average Bonchev–Trinajstić information content (AvgIpc) is 2.65. The summed E-state index contributed by atoms with van der Waals surface area (Å²) in [5.74, 6) is 1.59. The van der Waals surface area contributed by atoms with E-state index in [-0.39, 0.29) is 5.41 Å². The Kier molecular flexibility index (Phi) is 2.51. The zero-order valence-electron chi connectivity index (χ0n) is 9.83. The van der Waals surface area contributed by atoms with Gasteiger partial charge in [-0.3, -0.25) is 0 Å². The largest absolute Gasteiger partial charge is 0.454 e. The molecule has 0 N–H and O–H groups in total. The summed E-state index contributed by atoms with van der Waals surface area (Å²) in [4.78, 5) is 0. The van der Waals surface area contributed by atoms with E-state index in [1.54, 1.807) is 0 Å². The molecule has 16 heavy (non-hydrogen) atoms. The quantitative estimate of drug-likeness (QED) is 0.765. The molecular formula is C13H15NO2. The highest BCUT2D eigenvalue weighted by Gasteiger charge is 2.21. The van der Waals surface area contributed by atoms with Crippen LogP contribution in [0.15, 0.2) is 12.1 Å². The summed E-state index contributed by atoms with van der Waals surface area (Å²) in [6.45, 7) is 6.21. The first-order valence-electron chi connectivity index (χ1n) is 5.32. The van der Waals surface area contributed by atoms with E-state index >= 15 is 0 Å². The van der Waals surface area contributed by atoms with E-state index in [4.69, 9.17) is 14.7 Å². The molecule has 1 aliphatic rings. The first-order valence-corrected chi connectivity index (χ1v) is 5.32. The topological polar surface area (TPSA) is 42.2 Å². The third-order valence-corrected chi connectivity index (χ3v) is 2.77. The van der Waals surface area contributed by atoms with E-state index < -0.39 is 0 Å². The number of hydrogen-bond donors (Lipinski definition) is 0. The molecule has 0 radical (unpaired) electrons. The van der Waals surface area contributed by atoms with E-state index in [2.05, 4.69) is 6.07 Å². The van der Waals surface area contributed by atoms with E-state index in [1.165, 1.54) is 0 Å². The molecule has 1 aromatic carbocycles. The van der Waals surface area contributed by atoms with E-state index in [0.29, 0.717) is 6.79 Å².